The summed E-state index contributed by atoms with van der Waals surface area (Å²) in [5.41, 5.74) is 0.743. The van der Waals surface area contributed by atoms with Gasteiger partial charge in [0.2, 0.25) is 0 Å². The maximum Gasteiger partial charge on any atom is 0.290 e. The van der Waals surface area contributed by atoms with Crippen LogP contribution in [0.2, 0.25) is 0 Å². The molecule has 0 saturated heterocycles. The van der Waals surface area contributed by atoms with Gasteiger partial charge in [-0.05, 0) is 23.3 Å². The molecule has 0 fully saturated rings. The van der Waals surface area contributed by atoms with Crippen molar-refractivity contribution in [1.82, 2.24) is 4.90 Å². The van der Waals surface area contributed by atoms with Gasteiger partial charge in [0.1, 0.15) is 5.82 Å². The van der Waals surface area contributed by atoms with Crippen LogP contribution in [0.1, 0.15) is 37.9 Å². The summed E-state index contributed by atoms with van der Waals surface area (Å²) in [4.78, 5) is 27.2. The van der Waals surface area contributed by atoms with Crippen LogP contribution in [0, 0.1) is 11.2 Å². The van der Waals surface area contributed by atoms with Crippen molar-refractivity contribution in [2.75, 3.05) is 0 Å². The Morgan fingerprint density at radius 2 is 1.67 bits per heavy atom. The SMILES string of the molecule is CC(C)(C)C(=O)C1=C(O)C(=O)N(Cc2ccccc2)C1c1ccc(F)cc1. The lowest BCUT2D eigenvalue weighted by molar-refractivity contribution is -0.130. The molecule has 3 rings (SSSR count). The minimum Gasteiger partial charge on any atom is -0.503 e. The summed E-state index contributed by atoms with van der Waals surface area (Å²) in [7, 11) is 0. The van der Waals surface area contributed by atoms with Gasteiger partial charge in [-0.2, -0.15) is 0 Å². The number of aliphatic hydroxyl groups is 1. The number of aliphatic hydroxyl groups excluding tert-OH is 1. The summed E-state index contributed by atoms with van der Waals surface area (Å²) in [5, 5.41) is 10.5. The molecule has 1 aliphatic heterocycles. The Kier molecular flexibility index (Phi) is 4.87. The van der Waals surface area contributed by atoms with E-state index >= 15 is 0 Å². The molecule has 0 bridgehead atoms. The Bertz CT molecular complexity index is 895. The predicted octanol–water partition coefficient (Wildman–Crippen LogP) is 4.34. The van der Waals surface area contributed by atoms with Crippen molar-refractivity contribution in [1.29, 1.82) is 0 Å². The molecule has 1 unspecified atom stereocenters. The molecule has 140 valence electrons. The fourth-order valence-electron chi connectivity index (χ4n) is 3.22. The molecule has 1 N–H and O–H groups in total. The van der Waals surface area contributed by atoms with E-state index < -0.39 is 28.9 Å². The zero-order valence-corrected chi connectivity index (χ0v) is 15.6. The van der Waals surface area contributed by atoms with E-state index in [0.717, 1.165) is 5.56 Å². The molecule has 0 spiro atoms. The van der Waals surface area contributed by atoms with Crippen LogP contribution in [0.15, 0.2) is 65.9 Å². The predicted molar refractivity (Wildman–Crippen MR) is 100 cm³/mol. The van der Waals surface area contributed by atoms with Gasteiger partial charge >= 0.3 is 0 Å². The van der Waals surface area contributed by atoms with Crippen molar-refractivity contribution in [3.05, 3.63) is 82.9 Å². The van der Waals surface area contributed by atoms with Gasteiger partial charge in [-0.25, -0.2) is 4.39 Å². The highest BCUT2D eigenvalue weighted by Gasteiger charge is 2.45. The van der Waals surface area contributed by atoms with Crippen LogP contribution in [-0.2, 0) is 16.1 Å². The van der Waals surface area contributed by atoms with Gasteiger partial charge in [-0.3, -0.25) is 9.59 Å². The second-order valence-electron chi connectivity index (χ2n) is 7.71. The highest BCUT2D eigenvalue weighted by molar-refractivity contribution is 6.10. The number of hydrogen-bond donors (Lipinski definition) is 1. The maximum absolute atomic E-state index is 13.4. The first kappa shape index (κ1) is 18.8. The van der Waals surface area contributed by atoms with Gasteiger partial charge in [0.25, 0.3) is 5.91 Å². The second-order valence-corrected chi connectivity index (χ2v) is 7.71. The first-order valence-electron chi connectivity index (χ1n) is 8.78. The van der Waals surface area contributed by atoms with Crippen LogP contribution < -0.4 is 0 Å². The topological polar surface area (TPSA) is 57.6 Å². The number of hydrogen-bond acceptors (Lipinski definition) is 3. The van der Waals surface area contributed by atoms with Gasteiger partial charge in [0.15, 0.2) is 11.5 Å². The standard InChI is InChI=1S/C22H22FNO3/c1-22(2,3)20(26)17-18(15-9-11-16(23)12-10-15)24(21(27)19(17)25)13-14-7-5-4-6-8-14/h4-12,18,25H,13H2,1-3H3. The molecule has 4 nitrogen and oxygen atoms in total. The molecule has 0 saturated carbocycles. The van der Waals surface area contributed by atoms with E-state index in [1.807, 2.05) is 30.3 Å². The molecule has 1 atom stereocenters. The molecular formula is C22H22FNO3. The average molecular weight is 367 g/mol. The van der Waals surface area contributed by atoms with Crippen LogP contribution in [0.3, 0.4) is 0 Å². The molecule has 2 aromatic rings. The summed E-state index contributed by atoms with van der Waals surface area (Å²) in [6.07, 6.45) is 0. The third-order valence-corrected chi connectivity index (χ3v) is 4.61. The largest absolute Gasteiger partial charge is 0.503 e. The van der Waals surface area contributed by atoms with Crippen LogP contribution in [0.25, 0.3) is 0 Å². The number of ketones is 1. The minimum atomic E-state index is -0.773. The van der Waals surface area contributed by atoms with Crippen molar-refractivity contribution in [2.45, 2.75) is 33.4 Å². The van der Waals surface area contributed by atoms with Gasteiger partial charge in [0, 0.05) is 12.0 Å². The number of nitrogens with zero attached hydrogens (tertiary/aromatic N) is 1. The number of carbonyl (C=O) groups is 2. The normalized spacial score (nSPS) is 17.6. The monoisotopic (exact) mass is 367 g/mol. The molecule has 1 heterocycles. The molecular weight excluding hydrogens is 345 g/mol. The van der Waals surface area contributed by atoms with E-state index in [2.05, 4.69) is 0 Å². The van der Waals surface area contributed by atoms with Crippen molar-refractivity contribution >= 4 is 11.7 Å². The van der Waals surface area contributed by atoms with Crippen molar-refractivity contribution in [3.8, 4) is 0 Å². The Labute approximate surface area is 157 Å². The van der Waals surface area contributed by atoms with E-state index in [0.29, 0.717) is 5.56 Å². The smallest absolute Gasteiger partial charge is 0.290 e. The molecule has 1 amide bonds. The fraction of sp³-hybridized carbons (Fsp3) is 0.273. The third kappa shape index (κ3) is 3.63. The maximum atomic E-state index is 13.4. The lowest BCUT2D eigenvalue weighted by Gasteiger charge is -2.29. The lowest BCUT2D eigenvalue weighted by Crippen LogP contribution is -2.32. The van der Waals surface area contributed by atoms with E-state index in [9.17, 15) is 19.1 Å². The summed E-state index contributed by atoms with van der Waals surface area (Å²) >= 11 is 0. The Hall–Kier alpha value is -2.95. The molecule has 5 heteroatoms. The van der Waals surface area contributed by atoms with Crippen LogP contribution in [0.4, 0.5) is 4.39 Å². The van der Waals surface area contributed by atoms with Crippen molar-refractivity contribution < 1.29 is 19.1 Å². The highest BCUT2D eigenvalue weighted by Crippen LogP contribution is 2.41. The van der Waals surface area contributed by atoms with E-state index in [1.165, 1.54) is 17.0 Å². The second kappa shape index (κ2) is 6.99. The lowest BCUT2D eigenvalue weighted by atomic mass is 9.82. The Morgan fingerprint density at radius 3 is 2.22 bits per heavy atom. The number of halogens is 1. The average Bonchev–Trinajstić information content (AvgIpc) is 2.87. The first-order valence-corrected chi connectivity index (χ1v) is 8.78. The fourth-order valence-corrected chi connectivity index (χ4v) is 3.22. The highest BCUT2D eigenvalue weighted by atomic mass is 19.1. The zero-order chi connectivity index (χ0) is 19.8. The quantitative estimate of drug-likeness (QED) is 0.875. The van der Waals surface area contributed by atoms with Gasteiger partial charge in [0.05, 0.1) is 11.6 Å². The zero-order valence-electron chi connectivity index (χ0n) is 15.6. The van der Waals surface area contributed by atoms with E-state index in [1.54, 1.807) is 32.9 Å². The van der Waals surface area contributed by atoms with Crippen LogP contribution in [0.5, 0.6) is 0 Å². The van der Waals surface area contributed by atoms with Gasteiger partial charge < -0.3 is 10.0 Å². The molecule has 2 aromatic carbocycles. The molecule has 1 aliphatic rings. The van der Waals surface area contributed by atoms with Crippen LogP contribution in [-0.4, -0.2) is 21.7 Å². The molecule has 0 aromatic heterocycles. The molecule has 0 aliphatic carbocycles. The summed E-state index contributed by atoms with van der Waals surface area (Å²) in [6, 6.07) is 14.2. The van der Waals surface area contributed by atoms with E-state index in [-0.39, 0.29) is 17.9 Å². The number of amides is 1. The summed E-state index contributed by atoms with van der Waals surface area (Å²) in [6.45, 7) is 5.44. The summed E-state index contributed by atoms with van der Waals surface area (Å²) in [5.74, 6) is -1.84. The van der Waals surface area contributed by atoms with Crippen LogP contribution >= 0.6 is 0 Å². The van der Waals surface area contributed by atoms with Gasteiger partial charge in [-0.1, -0.05) is 63.2 Å². The number of Topliss-reactive ketones (excluding diaryl/α,β-unsaturated/α-hetero) is 1. The molecule has 27 heavy (non-hydrogen) atoms. The number of benzene rings is 2. The Morgan fingerprint density at radius 1 is 1.07 bits per heavy atom. The summed E-state index contributed by atoms with van der Waals surface area (Å²) < 4.78 is 13.4. The van der Waals surface area contributed by atoms with Crippen molar-refractivity contribution in [3.63, 3.8) is 0 Å². The van der Waals surface area contributed by atoms with Crippen molar-refractivity contribution in [2.24, 2.45) is 5.41 Å². The minimum absolute atomic E-state index is 0.0649. The molecule has 0 radical (unpaired) electrons. The number of carbonyl (C=O) groups excluding carboxylic acids is 2. The van der Waals surface area contributed by atoms with E-state index in [4.69, 9.17) is 0 Å². The third-order valence-electron chi connectivity index (χ3n) is 4.61. The van der Waals surface area contributed by atoms with Gasteiger partial charge in [-0.15, -0.1) is 0 Å². The number of rotatable bonds is 4. The Balaban J connectivity index is 2.09. The first-order chi connectivity index (χ1) is 12.7.